The monoisotopic (exact) mass is 464 g/mol. The molecule has 166 valence electrons. The van der Waals surface area contributed by atoms with Crippen molar-refractivity contribution in [3.8, 4) is 0 Å². The van der Waals surface area contributed by atoms with Gasteiger partial charge in [0, 0.05) is 6.42 Å². The van der Waals surface area contributed by atoms with Gasteiger partial charge in [0.2, 0.25) is 0 Å². The molecular formula is C27H45BrO. The Labute approximate surface area is 188 Å². The Bertz CT molecular complexity index is 614. The summed E-state index contributed by atoms with van der Waals surface area (Å²) in [6.45, 7) is 12.6. The van der Waals surface area contributed by atoms with Gasteiger partial charge in [0.15, 0.2) is 0 Å². The average molecular weight is 466 g/mol. The van der Waals surface area contributed by atoms with E-state index >= 15 is 0 Å². The molecule has 4 aliphatic rings. The zero-order valence-corrected chi connectivity index (χ0v) is 21.3. The zero-order valence-electron chi connectivity index (χ0n) is 19.7. The summed E-state index contributed by atoms with van der Waals surface area (Å²) < 4.78 is 0. The second kappa shape index (κ2) is 8.25. The fourth-order valence-electron chi connectivity index (χ4n) is 9.08. The molecule has 2 heteroatoms. The van der Waals surface area contributed by atoms with E-state index in [1.165, 1.54) is 57.8 Å². The van der Waals surface area contributed by atoms with Crippen LogP contribution in [0.4, 0.5) is 0 Å². The number of hydrogen-bond donors (Lipinski definition) is 0. The van der Waals surface area contributed by atoms with Crippen LogP contribution < -0.4 is 0 Å². The first-order chi connectivity index (χ1) is 13.7. The van der Waals surface area contributed by atoms with Gasteiger partial charge in [-0.3, -0.25) is 4.79 Å². The smallest absolute Gasteiger partial charge is 0.146 e. The number of rotatable bonds is 5. The number of ketones is 1. The molecule has 4 saturated carbocycles. The molecule has 0 spiro atoms. The Morgan fingerprint density at radius 1 is 0.966 bits per heavy atom. The highest BCUT2D eigenvalue weighted by molar-refractivity contribution is 9.10. The number of Topliss-reactive ketones (excluding diaryl/α,β-unsaturated/α-hetero) is 1. The molecule has 0 aromatic rings. The molecule has 0 radical (unpaired) electrons. The molecule has 0 unspecified atom stereocenters. The van der Waals surface area contributed by atoms with E-state index in [2.05, 4.69) is 50.5 Å². The summed E-state index contributed by atoms with van der Waals surface area (Å²) in [5.74, 6) is 6.56. The van der Waals surface area contributed by atoms with E-state index in [9.17, 15) is 4.79 Å². The van der Waals surface area contributed by atoms with Crippen LogP contribution in [-0.2, 0) is 4.79 Å². The van der Waals surface area contributed by atoms with Gasteiger partial charge < -0.3 is 0 Å². The summed E-state index contributed by atoms with van der Waals surface area (Å²) in [6.07, 6.45) is 14.7. The maximum atomic E-state index is 12.4. The lowest BCUT2D eigenvalue weighted by Gasteiger charge is -2.61. The second-order valence-electron chi connectivity index (χ2n) is 12.5. The lowest BCUT2D eigenvalue weighted by Crippen LogP contribution is -2.55. The minimum atomic E-state index is 0.119. The van der Waals surface area contributed by atoms with Gasteiger partial charge in [-0.15, -0.1) is 0 Å². The second-order valence-corrected chi connectivity index (χ2v) is 13.6. The lowest BCUT2D eigenvalue weighted by molar-refractivity contribution is -0.139. The van der Waals surface area contributed by atoms with Crippen LogP contribution in [0.5, 0.6) is 0 Å². The number of hydrogen-bond acceptors (Lipinski definition) is 1. The van der Waals surface area contributed by atoms with Crippen molar-refractivity contribution in [1.29, 1.82) is 0 Å². The van der Waals surface area contributed by atoms with E-state index in [0.717, 1.165) is 48.3 Å². The van der Waals surface area contributed by atoms with Gasteiger partial charge in [0.1, 0.15) is 5.78 Å². The standard InChI is InChI=1S/C27H45BrO/c1-17(2)7-6-8-18(3)21-11-12-22-20-10-9-19-15-25(29)24(28)16-27(19,5)23(20)13-14-26(21,22)4/h17-24H,6-16H2,1-5H3/t18-,19+,20+,21+,22-,23+,24-,26-,27+/m1/s1. The molecular weight excluding hydrogens is 420 g/mol. The quantitative estimate of drug-likeness (QED) is 0.375. The SMILES string of the molecule is CC(C)CCC[C@@H](C)[C@@H]1CC[C@@H]2[C@@H]3CC[C@H]4CC(=O)[C@H](Br)C[C@]4(C)[C@H]3CC[C@@]21C. The van der Waals surface area contributed by atoms with E-state index in [1.807, 2.05) is 0 Å². The molecule has 0 bridgehead atoms. The fraction of sp³-hybridized carbons (Fsp3) is 0.963. The highest BCUT2D eigenvalue weighted by Crippen LogP contribution is 2.68. The summed E-state index contributed by atoms with van der Waals surface area (Å²) in [6, 6.07) is 0. The average Bonchev–Trinajstić information content (AvgIpc) is 3.00. The van der Waals surface area contributed by atoms with E-state index in [1.54, 1.807) is 0 Å². The van der Waals surface area contributed by atoms with E-state index in [4.69, 9.17) is 0 Å². The van der Waals surface area contributed by atoms with Crippen LogP contribution in [0.15, 0.2) is 0 Å². The molecule has 0 aromatic heterocycles. The molecule has 0 amide bonds. The van der Waals surface area contributed by atoms with Crippen molar-refractivity contribution in [3.63, 3.8) is 0 Å². The number of alkyl halides is 1. The van der Waals surface area contributed by atoms with E-state index in [-0.39, 0.29) is 4.83 Å². The maximum Gasteiger partial charge on any atom is 0.146 e. The Morgan fingerprint density at radius 2 is 1.69 bits per heavy atom. The van der Waals surface area contributed by atoms with Crippen molar-refractivity contribution in [1.82, 2.24) is 0 Å². The van der Waals surface area contributed by atoms with Crippen LogP contribution >= 0.6 is 15.9 Å². The highest BCUT2D eigenvalue weighted by Gasteiger charge is 2.61. The topological polar surface area (TPSA) is 17.1 Å². The number of halogens is 1. The van der Waals surface area contributed by atoms with Crippen LogP contribution in [0.25, 0.3) is 0 Å². The molecule has 0 aromatic carbocycles. The van der Waals surface area contributed by atoms with Gasteiger partial charge in [-0.2, -0.15) is 0 Å². The molecule has 9 atom stereocenters. The summed E-state index contributed by atoms with van der Waals surface area (Å²) >= 11 is 3.75. The summed E-state index contributed by atoms with van der Waals surface area (Å²) in [7, 11) is 0. The number of fused-ring (bicyclic) bond motifs is 5. The summed E-state index contributed by atoms with van der Waals surface area (Å²) in [5, 5.41) is 0. The van der Waals surface area contributed by atoms with Gasteiger partial charge in [-0.25, -0.2) is 0 Å². The third-order valence-electron chi connectivity index (χ3n) is 10.7. The van der Waals surface area contributed by atoms with Crippen LogP contribution in [0.3, 0.4) is 0 Å². The summed E-state index contributed by atoms with van der Waals surface area (Å²) in [4.78, 5) is 12.5. The molecule has 0 saturated heterocycles. The Morgan fingerprint density at radius 3 is 2.41 bits per heavy atom. The van der Waals surface area contributed by atoms with Crippen molar-refractivity contribution < 1.29 is 4.79 Å². The van der Waals surface area contributed by atoms with Crippen molar-refractivity contribution >= 4 is 21.7 Å². The zero-order chi connectivity index (χ0) is 21.0. The maximum absolute atomic E-state index is 12.4. The Balaban J connectivity index is 1.48. The van der Waals surface area contributed by atoms with Crippen molar-refractivity contribution in [2.75, 3.05) is 0 Å². The minimum Gasteiger partial charge on any atom is -0.298 e. The first-order valence-corrected chi connectivity index (χ1v) is 13.7. The van der Waals surface area contributed by atoms with Crippen LogP contribution in [-0.4, -0.2) is 10.6 Å². The van der Waals surface area contributed by atoms with Crippen LogP contribution in [0, 0.1) is 52.3 Å². The first-order valence-electron chi connectivity index (χ1n) is 12.8. The first kappa shape index (κ1) is 22.3. The third-order valence-corrected chi connectivity index (χ3v) is 11.5. The number of carbonyl (C=O) groups excluding carboxylic acids is 1. The molecule has 0 N–H and O–H groups in total. The predicted molar refractivity (Wildman–Crippen MR) is 126 cm³/mol. The molecule has 4 aliphatic carbocycles. The van der Waals surface area contributed by atoms with Crippen molar-refractivity contribution in [3.05, 3.63) is 0 Å². The van der Waals surface area contributed by atoms with E-state index < -0.39 is 0 Å². The molecule has 4 rings (SSSR count). The predicted octanol–water partition coefficient (Wildman–Crippen LogP) is 8.05. The van der Waals surface area contributed by atoms with Gasteiger partial charge in [-0.05, 0) is 97.2 Å². The molecule has 29 heavy (non-hydrogen) atoms. The van der Waals surface area contributed by atoms with Crippen LogP contribution in [0.2, 0.25) is 0 Å². The Kier molecular flexibility index (Phi) is 6.36. The largest absolute Gasteiger partial charge is 0.298 e. The van der Waals surface area contributed by atoms with Gasteiger partial charge in [-0.1, -0.05) is 69.8 Å². The Hall–Kier alpha value is 0.150. The lowest BCUT2D eigenvalue weighted by atomic mass is 9.44. The van der Waals surface area contributed by atoms with Crippen molar-refractivity contribution in [2.24, 2.45) is 52.3 Å². The molecule has 0 heterocycles. The normalized spacial score (nSPS) is 48.2. The van der Waals surface area contributed by atoms with Gasteiger partial charge >= 0.3 is 0 Å². The van der Waals surface area contributed by atoms with Crippen LogP contribution in [0.1, 0.15) is 105 Å². The third kappa shape index (κ3) is 3.80. The fourth-order valence-corrected chi connectivity index (χ4v) is 9.97. The number of carbonyl (C=O) groups is 1. The molecule has 4 fully saturated rings. The van der Waals surface area contributed by atoms with Gasteiger partial charge in [0.05, 0.1) is 4.83 Å². The summed E-state index contributed by atoms with van der Waals surface area (Å²) in [5.41, 5.74) is 0.979. The van der Waals surface area contributed by atoms with Crippen molar-refractivity contribution in [2.45, 2.75) is 110 Å². The minimum absolute atomic E-state index is 0.119. The highest BCUT2D eigenvalue weighted by atomic mass is 79.9. The molecule has 1 nitrogen and oxygen atoms in total. The van der Waals surface area contributed by atoms with E-state index in [0.29, 0.717) is 22.5 Å². The van der Waals surface area contributed by atoms with Gasteiger partial charge in [0.25, 0.3) is 0 Å². The molecule has 0 aliphatic heterocycles.